The maximum Gasteiger partial charge on any atom is 0.128 e. The van der Waals surface area contributed by atoms with Crippen LogP contribution in [0, 0.1) is 17.6 Å². The van der Waals surface area contributed by atoms with Crippen molar-refractivity contribution in [1.29, 1.82) is 0 Å². The van der Waals surface area contributed by atoms with Crippen molar-refractivity contribution in [2.75, 3.05) is 0 Å². The second kappa shape index (κ2) is 5.58. The fraction of sp³-hybridized carbons (Fsp3) is 0.571. The van der Waals surface area contributed by atoms with Gasteiger partial charge in [0.2, 0.25) is 0 Å². The first-order valence-electron chi connectivity index (χ1n) is 6.37. The normalized spacial score (nSPS) is 19.2. The van der Waals surface area contributed by atoms with E-state index in [1.54, 1.807) is 0 Å². The molecule has 2 N–H and O–H groups in total. The zero-order valence-electron chi connectivity index (χ0n) is 9.96. The molecule has 1 aromatic carbocycles. The van der Waals surface area contributed by atoms with Gasteiger partial charge in [-0.05, 0) is 30.5 Å². The van der Waals surface area contributed by atoms with E-state index < -0.39 is 11.6 Å². The van der Waals surface area contributed by atoms with Gasteiger partial charge < -0.3 is 5.73 Å². The summed E-state index contributed by atoms with van der Waals surface area (Å²) in [5.41, 5.74) is 6.30. The minimum Gasteiger partial charge on any atom is -0.324 e. The van der Waals surface area contributed by atoms with Crippen molar-refractivity contribution in [3.05, 3.63) is 35.4 Å². The summed E-state index contributed by atoms with van der Waals surface area (Å²) in [6.07, 6.45) is 6.88. The van der Waals surface area contributed by atoms with Gasteiger partial charge in [-0.15, -0.1) is 0 Å². The smallest absolute Gasteiger partial charge is 0.128 e. The maximum absolute atomic E-state index is 13.5. The molecule has 2 rings (SSSR count). The minimum absolute atomic E-state index is 0.315. The van der Waals surface area contributed by atoms with Crippen LogP contribution in [0.25, 0.3) is 0 Å². The van der Waals surface area contributed by atoms with E-state index in [2.05, 4.69) is 0 Å². The van der Waals surface area contributed by atoms with Gasteiger partial charge in [-0.25, -0.2) is 8.78 Å². The van der Waals surface area contributed by atoms with Crippen molar-refractivity contribution >= 4 is 0 Å². The van der Waals surface area contributed by atoms with E-state index in [1.807, 2.05) is 0 Å². The molecule has 94 valence electrons. The molecule has 3 heteroatoms. The maximum atomic E-state index is 13.5. The highest BCUT2D eigenvalue weighted by Crippen LogP contribution is 2.31. The Bertz CT molecular complexity index is 372. The van der Waals surface area contributed by atoms with E-state index in [-0.39, 0.29) is 6.04 Å². The fourth-order valence-corrected chi connectivity index (χ4v) is 2.71. The van der Waals surface area contributed by atoms with Crippen molar-refractivity contribution in [2.24, 2.45) is 11.7 Å². The monoisotopic (exact) mass is 239 g/mol. The Kier molecular flexibility index (Phi) is 4.11. The van der Waals surface area contributed by atoms with Gasteiger partial charge in [-0.1, -0.05) is 32.1 Å². The van der Waals surface area contributed by atoms with Crippen LogP contribution in [0.4, 0.5) is 8.78 Å². The van der Waals surface area contributed by atoms with Gasteiger partial charge in [0, 0.05) is 11.6 Å². The molecule has 0 radical (unpaired) electrons. The number of rotatable bonds is 3. The van der Waals surface area contributed by atoms with Crippen LogP contribution in [0.15, 0.2) is 18.2 Å². The van der Waals surface area contributed by atoms with Gasteiger partial charge in [-0.2, -0.15) is 0 Å². The van der Waals surface area contributed by atoms with Gasteiger partial charge in [0.1, 0.15) is 11.6 Å². The molecule has 0 aliphatic heterocycles. The standard InChI is InChI=1S/C14H19F2N/c15-11-6-7-13(16)12(9-11)14(17)8-10-4-2-1-3-5-10/h6-7,9-10,14H,1-5,8,17H2. The first-order valence-corrected chi connectivity index (χ1v) is 6.37. The van der Waals surface area contributed by atoms with Crippen molar-refractivity contribution in [3.63, 3.8) is 0 Å². The number of nitrogens with two attached hydrogens (primary N) is 1. The molecule has 17 heavy (non-hydrogen) atoms. The Morgan fingerprint density at radius 2 is 1.88 bits per heavy atom. The number of benzene rings is 1. The molecule has 1 atom stereocenters. The van der Waals surface area contributed by atoms with E-state index in [1.165, 1.54) is 38.2 Å². The summed E-state index contributed by atoms with van der Waals surface area (Å²) in [6.45, 7) is 0. The molecule has 0 bridgehead atoms. The number of halogens is 2. The summed E-state index contributed by atoms with van der Waals surface area (Å²) in [6, 6.07) is 3.13. The summed E-state index contributed by atoms with van der Waals surface area (Å²) in [5, 5.41) is 0. The van der Waals surface area contributed by atoms with E-state index in [0.717, 1.165) is 18.6 Å². The minimum atomic E-state index is -0.416. The summed E-state index contributed by atoms with van der Waals surface area (Å²) in [7, 11) is 0. The van der Waals surface area contributed by atoms with Crippen LogP contribution < -0.4 is 5.73 Å². The molecular formula is C14H19F2N. The lowest BCUT2D eigenvalue weighted by Gasteiger charge is -2.24. The lowest BCUT2D eigenvalue weighted by Crippen LogP contribution is -2.18. The van der Waals surface area contributed by atoms with Crippen LogP contribution in [0.5, 0.6) is 0 Å². The van der Waals surface area contributed by atoms with Gasteiger partial charge in [0.15, 0.2) is 0 Å². The Hall–Kier alpha value is -0.960. The third-order valence-electron chi connectivity index (χ3n) is 3.67. The molecule has 1 aliphatic rings. The number of hydrogen-bond donors (Lipinski definition) is 1. The van der Waals surface area contributed by atoms with Gasteiger partial charge in [-0.3, -0.25) is 0 Å². The second-order valence-electron chi connectivity index (χ2n) is 5.01. The van der Waals surface area contributed by atoms with Crippen LogP contribution in [0.2, 0.25) is 0 Å². The first kappa shape index (κ1) is 12.5. The molecule has 1 nitrogen and oxygen atoms in total. The van der Waals surface area contributed by atoms with Crippen LogP contribution >= 0.6 is 0 Å². The van der Waals surface area contributed by atoms with Crippen LogP contribution in [-0.4, -0.2) is 0 Å². The average molecular weight is 239 g/mol. The molecule has 0 aromatic heterocycles. The van der Waals surface area contributed by atoms with E-state index >= 15 is 0 Å². The lowest BCUT2D eigenvalue weighted by atomic mass is 9.83. The van der Waals surface area contributed by atoms with Crippen molar-refractivity contribution in [3.8, 4) is 0 Å². The number of hydrogen-bond acceptors (Lipinski definition) is 1. The van der Waals surface area contributed by atoms with Crippen LogP contribution in [-0.2, 0) is 0 Å². The van der Waals surface area contributed by atoms with E-state index in [0.29, 0.717) is 11.5 Å². The molecule has 1 saturated carbocycles. The van der Waals surface area contributed by atoms with E-state index in [9.17, 15) is 8.78 Å². The fourth-order valence-electron chi connectivity index (χ4n) is 2.71. The van der Waals surface area contributed by atoms with Crippen molar-refractivity contribution < 1.29 is 8.78 Å². The topological polar surface area (TPSA) is 26.0 Å². The molecular weight excluding hydrogens is 220 g/mol. The highest BCUT2D eigenvalue weighted by molar-refractivity contribution is 5.22. The van der Waals surface area contributed by atoms with E-state index in [4.69, 9.17) is 5.73 Å². The molecule has 1 aliphatic carbocycles. The quantitative estimate of drug-likeness (QED) is 0.849. The lowest BCUT2D eigenvalue weighted by molar-refractivity contribution is 0.316. The van der Waals surface area contributed by atoms with Crippen LogP contribution in [0.1, 0.15) is 50.1 Å². The van der Waals surface area contributed by atoms with Gasteiger partial charge in [0.25, 0.3) is 0 Å². The summed E-state index contributed by atoms with van der Waals surface area (Å²) in [4.78, 5) is 0. The highest BCUT2D eigenvalue weighted by atomic mass is 19.1. The summed E-state index contributed by atoms with van der Waals surface area (Å²) in [5.74, 6) is -0.239. The molecule has 0 amide bonds. The Morgan fingerprint density at radius 3 is 2.59 bits per heavy atom. The third kappa shape index (κ3) is 3.25. The third-order valence-corrected chi connectivity index (χ3v) is 3.67. The van der Waals surface area contributed by atoms with Crippen LogP contribution in [0.3, 0.4) is 0 Å². The second-order valence-corrected chi connectivity index (χ2v) is 5.01. The van der Waals surface area contributed by atoms with Gasteiger partial charge >= 0.3 is 0 Å². The molecule has 0 spiro atoms. The molecule has 0 heterocycles. The summed E-state index contributed by atoms with van der Waals surface area (Å²) < 4.78 is 26.6. The van der Waals surface area contributed by atoms with Crippen molar-refractivity contribution in [2.45, 2.75) is 44.6 Å². The zero-order chi connectivity index (χ0) is 12.3. The Labute approximate surface area is 101 Å². The van der Waals surface area contributed by atoms with Gasteiger partial charge in [0.05, 0.1) is 0 Å². The Balaban J connectivity index is 2.02. The zero-order valence-corrected chi connectivity index (χ0v) is 9.96. The molecule has 1 fully saturated rings. The average Bonchev–Trinajstić information content (AvgIpc) is 2.33. The molecule has 1 unspecified atom stereocenters. The molecule has 1 aromatic rings. The predicted octanol–water partition coefficient (Wildman–Crippen LogP) is 3.94. The molecule has 0 saturated heterocycles. The first-order chi connectivity index (χ1) is 8.16. The highest BCUT2D eigenvalue weighted by Gasteiger charge is 2.19. The summed E-state index contributed by atoms with van der Waals surface area (Å²) >= 11 is 0. The van der Waals surface area contributed by atoms with Crippen molar-refractivity contribution in [1.82, 2.24) is 0 Å². The largest absolute Gasteiger partial charge is 0.324 e. The predicted molar refractivity (Wildman–Crippen MR) is 64.5 cm³/mol. The SMILES string of the molecule is NC(CC1CCCCC1)c1cc(F)ccc1F. The Morgan fingerprint density at radius 1 is 1.18 bits per heavy atom.